The first kappa shape index (κ1) is 12.1. The van der Waals surface area contributed by atoms with Crippen LogP contribution in [0.1, 0.15) is 26.5 Å². The van der Waals surface area contributed by atoms with E-state index in [1.54, 1.807) is 16.2 Å². The van der Waals surface area contributed by atoms with Gasteiger partial charge in [-0.25, -0.2) is 0 Å². The van der Waals surface area contributed by atoms with Gasteiger partial charge in [0.1, 0.15) is 0 Å². The Hall–Kier alpha value is -1.36. The highest BCUT2D eigenvalue weighted by atomic mass is 32.1. The van der Waals surface area contributed by atoms with Crippen LogP contribution >= 0.6 is 11.3 Å². The smallest absolute Gasteiger partial charge is 0.308 e. The van der Waals surface area contributed by atoms with Gasteiger partial charge in [-0.15, -0.1) is 11.3 Å². The lowest BCUT2D eigenvalue weighted by Crippen LogP contribution is -2.30. The zero-order valence-corrected chi connectivity index (χ0v) is 10.7. The molecule has 1 atom stereocenters. The van der Waals surface area contributed by atoms with Crippen LogP contribution in [-0.2, 0) is 4.79 Å². The molecule has 1 aliphatic rings. The largest absolute Gasteiger partial charge is 0.481 e. The lowest BCUT2D eigenvalue weighted by Gasteiger charge is -2.15. The second kappa shape index (κ2) is 4.49. The quantitative estimate of drug-likeness (QED) is 0.876. The normalized spacial score (nSPS) is 19.6. The summed E-state index contributed by atoms with van der Waals surface area (Å²) in [6.45, 7) is 4.78. The third kappa shape index (κ3) is 2.34. The Morgan fingerprint density at radius 1 is 1.47 bits per heavy atom. The van der Waals surface area contributed by atoms with Gasteiger partial charge in [0.25, 0.3) is 5.91 Å². The Labute approximate surface area is 104 Å². The van der Waals surface area contributed by atoms with E-state index in [1.165, 1.54) is 0 Å². The highest BCUT2D eigenvalue weighted by Crippen LogP contribution is 2.25. The molecular formula is C12H15NO3S. The molecule has 0 aliphatic carbocycles. The van der Waals surface area contributed by atoms with Gasteiger partial charge in [-0.2, -0.15) is 0 Å². The van der Waals surface area contributed by atoms with Gasteiger partial charge < -0.3 is 10.0 Å². The van der Waals surface area contributed by atoms with Crippen molar-refractivity contribution in [3.8, 4) is 0 Å². The van der Waals surface area contributed by atoms with E-state index in [4.69, 9.17) is 5.11 Å². The van der Waals surface area contributed by atoms with Crippen molar-refractivity contribution in [3.63, 3.8) is 0 Å². The Morgan fingerprint density at radius 2 is 2.18 bits per heavy atom. The number of carbonyl (C=O) groups is 2. The van der Waals surface area contributed by atoms with E-state index in [9.17, 15) is 9.59 Å². The molecule has 1 unspecified atom stereocenters. The number of hydrogen-bond donors (Lipinski definition) is 1. The van der Waals surface area contributed by atoms with Crippen LogP contribution in [-0.4, -0.2) is 35.0 Å². The fraction of sp³-hybridized carbons (Fsp3) is 0.500. The minimum Gasteiger partial charge on any atom is -0.481 e. The Bertz CT molecular complexity index is 466. The summed E-state index contributed by atoms with van der Waals surface area (Å²) in [7, 11) is 0. The number of carboxylic acids is 1. The molecule has 4 nitrogen and oxygen atoms in total. The van der Waals surface area contributed by atoms with Crippen LogP contribution in [0.3, 0.4) is 0 Å². The van der Waals surface area contributed by atoms with Crippen LogP contribution < -0.4 is 0 Å². The molecule has 1 aliphatic heterocycles. The van der Waals surface area contributed by atoms with Gasteiger partial charge in [0.15, 0.2) is 0 Å². The maximum absolute atomic E-state index is 12.2. The van der Waals surface area contributed by atoms with Gasteiger partial charge in [0.05, 0.1) is 11.5 Å². The van der Waals surface area contributed by atoms with Crippen LogP contribution in [0.25, 0.3) is 0 Å². The maximum Gasteiger partial charge on any atom is 0.308 e. The molecule has 0 saturated carbocycles. The number of nitrogens with zero attached hydrogens (tertiary/aromatic N) is 1. The first-order chi connectivity index (χ1) is 7.99. The number of aryl methyl sites for hydroxylation is 2. The number of amides is 1. The summed E-state index contributed by atoms with van der Waals surface area (Å²) in [5, 5.41) is 8.91. The van der Waals surface area contributed by atoms with Crippen LogP contribution in [0.2, 0.25) is 0 Å². The van der Waals surface area contributed by atoms with Crippen molar-refractivity contribution in [2.75, 3.05) is 13.1 Å². The monoisotopic (exact) mass is 253 g/mol. The van der Waals surface area contributed by atoms with Crippen molar-refractivity contribution >= 4 is 23.2 Å². The third-order valence-corrected chi connectivity index (χ3v) is 4.06. The Kier molecular flexibility index (Phi) is 3.19. The van der Waals surface area contributed by atoms with Crippen molar-refractivity contribution in [3.05, 3.63) is 21.4 Å². The van der Waals surface area contributed by atoms with Crippen molar-refractivity contribution in [2.45, 2.75) is 20.3 Å². The molecule has 0 radical (unpaired) electrons. The van der Waals surface area contributed by atoms with Gasteiger partial charge in [0.2, 0.25) is 0 Å². The molecule has 2 rings (SSSR count). The van der Waals surface area contributed by atoms with Crippen LogP contribution in [0, 0.1) is 19.8 Å². The Balaban J connectivity index is 2.12. The summed E-state index contributed by atoms with van der Waals surface area (Å²) in [4.78, 5) is 26.8. The number of carbonyl (C=O) groups excluding carboxylic acids is 1. The number of thiophene rings is 1. The molecule has 0 aromatic carbocycles. The second-order valence-electron chi connectivity index (χ2n) is 4.40. The fourth-order valence-electron chi connectivity index (χ4n) is 2.16. The van der Waals surface area contributed by atoms with Crippen molar-refractivity contribution in [1.82, 2.24) is 4.90 Å². The molecule has 1 aromatic rings. The molecule has 1 saturated heterocycles. The molecule has 0 bridgehead atoms. The van der Waals surface area contributed by atoms with Gasteiger partial charge in [-0.3, -0.25) is 9.59 Å². The fourth-order valence-corrected chi connectivity index (χ4v) is 3.08. The molecule has 1 aromatic heterocycles. The number of carboxylic acid groups (broad SMARTS) is 1. The zero-order chi connectivity index (χ0) is 12.6. The first-order valence-electron chi connectivity index (χ1n) is 5.58. The second-order valence-corrected chi connectivity index (χ2v) is 5.86. The molecule has 1 fully saturated rings. The average Bonchev–Trinajstić information content (AvgIpc) is 2.84. The zero-order valence-electron chi connectivity index (χ0n) is 9.90. The number of aliphatic carboxylic acids is 1. The number of likely N-dealkylation sites (tertiary alicyclic amines) is 1. The van der Waals surface area contributed by atoms with E-state index in [0.717, 1.165) is 15.3 Å². The van der Waals surface area contributed by atoms with Crippen molar-refractivity contribution < 1.29 is 14.7 Å². The molecule has 92 valence electrons. The lowest BCUT2D eigenvalue weighted by molar-refractivity contribution is -0.141. The highest BCUT2D eigenvalue weighted by molar-refractivity contribution is 7.12. The van der Waals surface area contributed by atoms with Crippen molar-refractivity contribution in [1.29, 1.82) is 0 Å². The van der Waals surface area contributed by atoms with Gasteiger partial charge in [0, 0.05) is 22.8 Å². The lowest BCUT2D eigenvalue weighted by atomic mass is 10.1. The highest BCUT2D eigenvalue weighted by Gasteiger charge is 2.32. The first-order valence-corrected chi connectivity index (χ1v) is 6.40. The minimum atomic E-state index is -0.807. The summed E-state index contributed by atoms with van der Waals surface area (Å²) in [6.07, 6.45) is 0.559. The van der Waals surface area contributed by atoms with Crippen molar-refractivity contribution in [2.24, 2.45) is 5.92 Å². The predicted molar refractivity (Wildman–Crippen MR) is 65.4 cm³/mol. The summed E-state index contributed by atoms with van der Waals surface area (Å²) < 4.78 is 0. The van der Waals surface area contributed by atoms with Crippen LogP contribution in [0.4, 0.5) is 0 Å². The molecular weight excluding hydrogens is 238 g/mol. The molecule has 5 heteroatoms. The molecule has 17 heavy (non-hydrogen) atoms. The standard InChI is InChI=1S/C12H15NO3S/c1-7-5-10(8(2)17-7)11(14)13-4-3-9(6-13)12(15)16/h5,9H,3-4,6H2,1-2H3,(H,15,16). The van der Waals surface area contributed by atoms with E-state index in [-0.39, 0.29) is 5.91 Å². The van der Waals surface area contributed by atoms with Gasteiger partial charge >= 0.3 is 5.97 Å². The predicted octanol–water partition coefficient (Wildman–Crippen LogP) is 1.91. The molecule has 1 amide bonds. The Morgan fingerprint density at radius 3 is 2.65 bits per heavy atom. The summed E-state index contributed by atoms with van der Waals surface area (Å²) in [5.74, 6) is -1.24. The van der Waals surface area contributed by atoms with E-state index in [1.807, 2.05) is 19.9 Å². The molecule has 0 spiro atoms. The molecule has 1 N–H and O–H groups in total. The number of rotatable bonds is 2. The summed E-state index contributed by atoms with van der Waals surface area (Å²) >= 11 is 1.60. The average molecular weight is 253 g/mol. The van der Waals surface area contributed by atoms with E-state index in [0.29, 0.717) is 19.5 Å². The minimum absolute atomic E-state index is 0.0319. The van der Waals surface area contributed by atoms with E-state index in [2.05, 4.69) is 0 Å². The van der Waals surface area contributed by atoms with Gasteiger partial charge in [-0.05, 0) is 26.3 Å². The van der Waals surface area contributed by atoms with E-state index >= 15 is 0 Å². The SMILES string of the molecule is Cc1cc(C(=O)N2CCC(C(=O)O)C2)c(C)s1. The third-order valence-electron chi connectivity index (χ3n) is 3.10. The molecule has 2 heterocycles. The topological polar surface area (TPSA) is 57.6 Å². The van der Waals surface area contributed by atoms with Gasteiger partial charge in [-0.1, -0.05) is 0 Å². The summed E-state index contributed by atoms with van der Waals surface area (Å²) in [5.41, 5.74) is 0.721. The number of hydrogen-bond acceptors (Lipinski definition) is 3. The summed E-state index contributed by atoms with van der Waals surface area (Å²) in [6, 6.07) is 1.89. The van der Waals surface area contributed by atoms with Crippen LogP contribution in [0.5, 0.6) is 0 Å². The maximum atomic E-state index is 12.2. The van der Waals surface area contributed by atoms with E-state index < -0.39 is 11.9 Å². The van der Waals surface area contributed by atoms with Crippen LogP contribution in [0.15, 0.2) is 6.07 Å².